The summed E-state index contributed by atoms with van der Waals surface area (Å²) in [5, 5.41) is 15.5. The number of carbonyl (C=O) groups is 2. The molecular weight excluding hydrogens is 451 g/mol. The van der Waals surface area contributed by atoms with Crippen LogP contribution in [0, 0.1) is 37.5 Å². The van der Waals surface area contributed by atoms with Crippen LogP contribution in [-0.2, 0) is 11.2 Å². The number of H-pyrrole nitrogens is 1. The Labute approximate surface area is 209 Å². The molecule has 0 unspecified atom stereocenters. The van der Waals surface area contributed by atoms with Crippen molar-refractivity contribution in [3.05, 3.63) is 47.0 Å². The third-order valence-corrected chi connectivity index (χ3v) is 6.72. The number of pyridine rings is 1. The summed E-state index contributed by atoms with van der Waals surface area (Å²) < 4.78 is 59.1. The number of anilines is 1. The molecule has 0 spiro atoms. The predicted octanol–water partition coefficient (Wildman–Crippen LogP) is 3.95. The summed E-state index contributed by atoms with van der Waals surface area (Å²) in [5.74, 6) is -1.67. The van der Waals surface area contributed by atoms with Crippen molar-refractivity contribution in [2.45, 2.75) is 58.8 Å². The van der Waals surface area contributed by atoms with Crippen molar-refractivity contribution < 1.29 is 25.4 Å². The van der Waals surface area contributed by atoms with E-state index in [4.69, 9.17) is 11.4 Å². The van der Waals surface area contributed by atoms with Crippen LogP contribution in [0.1, 0.15) is 66.8 Å². The SMILES string of the molecule is [2H]C([2H])([2H])C([2H])([2H])c1[nH]nc(C)c1-c1ccc(NC(=O)[C@@H](NC(=O)c2conc2C)C(C2CC2)C2CC2)nc1F. The smallest absolute Gasteiger partial charge is 0.257 e. The topological polar surface area (TPSA) is 126 Å². The summed E-state index contributed by atoms with van der Waals surface area (Å²) in [7, 11) is 0. The first-order valence-corrected chi connectivity index (χ1v) is 11.5. The molecule has 2 aliphatic carbocycles. The molecule has 3 aromatic heterocycles. The lowest BCUT2D eigenvalue weighted by molar-refractivity contribution is -0.119. The lowest BCUT2D eigenvalue weighted by atomic mass is 9.88. The number of carbonyl (C=O) groups excluding carboxylic acids is 2. The van der Waals surface area contributed by atoms with Gasteiger partial charge in [0.15, 0.2) is 0 Å². The molecule has 0 saturated heterocycles. The Balaban J connectivity index is 1.41. The average molecular weight is 486 g/mol. The van der Waals surface area contributed by atoms with E-state index >= 15 is 4.39 Å². The van der Waals surface area contributed by atoms with Crippen molar-refractivity contribution >= 4 is 17.6 Å². The van der Waals surface area contributed by atoms with Gasteiger partial charge in [0, 0.05) is 23.7 Å². The standard InChI is InChI=1S/C25H29FN6O3/c1-4-18-20(13(3)30-31-18)16-9-10-19(27-23(16)26)28-25(34)22(21(14-5-6-14)15-7-8-15)29-24(33)17-11-35-32-12(17)2/h9-11,14-15,21-22H,4-8H2,1-3H3,(H,29,33)(H,30,31)(H,27,28,34)/t22-/m0/s1/i1D3,4D2. The number of hydrogen-bond donors (Lipinski definition) is 3. The fourth-order valence-electron chi connectivity index (χ4n) is 4.70. The number of nitrogens with one attached hydrogen (secondary N) is 3. The lowest BCUT2D eigenvalue weighted by Gasteiger charge is -2.27. The number of nitrogens with zero attached hydrogens (tertiary/aromatic N) is 3. The van der Waals surface area contributed by atoms with Crippen molar-refractivity contribution in [1.29, 1.82) is 0 Å². The lowest BCUT2D eigenvalue weighted by Crippen LogP contribution is -2.50. The van der Waals surface area contributed by atoms with Gasteiger partial charge in [-0.05, 0) is 75.8 Å². The van der Waals surface area contributed by atoms with Gasteiger partial charge in [0.25, 0.3) is 5.91 Å². The fourth-order valence-corrected chi connectivity index (χ4v) is 4.70. The Morgan fingerprint density at radius 2 is 2.00 bits per heavy atom. The normalized spacial score (nSPS) is 19.3. The van der Waals surface area contributed by atoms with Crippen LogP contribution in [0.5, 0.6) is 0 Å². The molecule has 2 saturated carbocycles. The van der Waals surface area contributed by atoms with Crippen molar-refractivity contribution in [2.24, 2.45) is 17.8 Å². The highest BCUT2D eigenvalue weighted by Crippen LogP contribution is 2.51. The van der Waals surface area contributed by atoms with Crippen LogP contribution in [0.3, 0.4) is 0 Å². The van der Waals surface area contributed by atoms with Crippen molar-refractivity contribution in [2.75, 3.05) is 5.32 Å². The Hall–Kier alpha value is -3.56. The van der Waals surface area contributed by atoms with Crippen molar-refractivity contribution in [3.8, 4) is 11.1 Å². The summed E-state index contributed by atoms with van der Waals surface area (Å²) >= 11 is 0. The van der Waals surface area contributed by atoms with Crippen molar-refractivity contribution in [3.63, 3.8) is 0 Å². The zero-order chi connectivity index (χ0) is 29.0. The quantitative estimate of drug-likeness (QED) is 0.394. The predicted molar refractivity (Wildman–Crippen MR) is 126 cm³/mol. The molecule has 0 radical (unpaired) electrons. The maximum atomic E-state index is 15.3. The first-order chi connectivity index (χ1) is 18.8. The molecule has 0 aliphatic heterocycles. The second kappa shape index (κ2) is 9.24. The third kappa shape index (κ3) is 4.69. The molecule has 3 aromatic rings. The van der Waals surface area contributed by atoms with E-state index in [-0.39, 0.29) is 34.1 Å². The molecule has 1 atom stereocenters. The van der Waals surface area contributed by atoms with Crippen LogP contribution < -0.4 is 10.6 Å². The average Bonchev–Trinajstić information content (AvgIpc) is 3.80. The second-order valence-electron chi connectivity index (χ2n) is 9.23. The van der Waals surface area contributed by atoms with Gasteiger partial charge in [0.05, 0.1) is 11.4 Å². The largest absolute Gasteiger partial charge is 0.364 e. The maximum absolute atomic E-state index is 15.3. The van der Waals surface area contributed by atoms with E-state index in [1.165, 1.54) is 25.3 Å². The van der Waals surface area contributed by atoms with Gasteiger partial charge in [0.2, 0.25) is 11.9 Å². The molecule has 5 rings (SSSR count). The molecule has 3 N–H and O–H groups in total. The Morgan fingerprint density at radius 1 is 1.26 bits per heavy atom. The molecule has 2 fully saturated rings. The van der Waals surface area contributed by atoms with Crippen LogP contribution in [0.15, 0.2) is 22.9 Å². The number of aromatic nitrogens is 4. The van der Waals surface area contributed by atoms with Crippen molar-refractivity contribution in [1.82, 2.24) is 25.7 Å². The molecule has 9 nitrogen and oxygen atoms in total. The molecule has 0 aromatic carbocycles. The van der Waals surface area contributed by atoms with Gasteiger partial charge >= 0.3 is 0 Å². The van der Waals surface area contributed by atoms with Crippen LogP contribution in [0.2, 0.25) is 0 Å². The molecule has 0 bridgehead atoms. The summed E-state index contributed by atoms with van der Waals surface area (Å²) in [4.78, 5) is 30.4. The molecule has 35 heavy (non-hydrogen) atoms. The van der Waals surface area contributed by atoms with E-state index in [9.17, 15) is 9.59 Å². The molecule has 3 heterocycles. The van der Waals surface area contributed by atoms with Gasteiger partial charge in [-0.1, -0.05) is 12.0 Å². The van der Waals surface area contributed by atoms with Gasteiger partial charge in [-0.15, -0.1) is 0 Å². The number of halogens is 1. The summed E-state index contributed by atoms with van der Waals surface area (Å²) in [6.45, 7) is 0.0704. The first-order valence-electron chi connectivity index (χ1n) is 14.0. The fraction of sp³-hybridized carbons (Fsp3) is 0.480. The highest BCUT2D eigenvalue weighted by molar-refractivity contribution is 6.01. The van der Waals surface area contributed by atoms with E-state index in [0.29, 0.717) is 17.5 Å². The molecule has 184 valence electrons. The Morgan fingerprint density at radius 3 is 2.60 bits per heavy atom. The summed E-state index contributed by atoms with van der Waals surface area (Å²) in [6, 6.07) is 1.73. The third-order valence-electron chi connectivity index (χ3n) is 6.72. The van der Waals surface area contributed by atoms with Gasteiger partial charge < -0.3 is 15.2 Å². The molecule has 2 aliphatic rings. The molecular formula is C25H29FN6O3. The minimum atomic E-state index is -3.04. The highest BCUT2D eigenvalue weighted by atomic mass is 19.1. The highest BCUT2D eigenvalue weighted by Gasteiger charge is 2.48. The zero-order valence-corrected chi connectivity index (χ0v) is 19.3. The summed E-state index contributed by atoms with van der Waals surface area (Å²) in [6.07, 6.45) is 2.24. The van der Waals surface area contributed by atoms with Gasteiger partial charge in [-0.2, -0.15) is 9.49 Å². The van der Waals surface area contributed by atoms with Crippen LogP contribution in [0.25, 0.3) is 11.1 Å². The number of amides is 2. The zero-order valence-electron chi connectivity index (χ0n) is 24.3. The number of hydrogen-bond acceptors (Lipinski definition) is 6. The molecule has 10 heteroatoms. The van der Waals surface area contributed by atoms with E-state index in [0.717, 1.165) is 25.7 Å². The maximum Gasteiger partial charge on any atom is 0.257 e. The van der Waals surface area contributed by atoms with Gasteiger partial charge in [-0.25, -0.2) is 4.98 Å². The van der Waals surface area contributed by atoms with E-state index < -0.39 is 42.7 Å². The first kappa shape index (κ1) is 17.8. The van der Waals surface area contributed by atoms with E-state index in [1.807, 2.05) is 0 Å². The molecule has 2 amide bonds. The van der Waals surface area contributed by atoms with Crippen LogP contribution >= 0.6 is 0 Å². The second-order valence-corrected chi connectivity index (χ2v) is 9.23. The van der Waals surface area contributed by atoms with E-state index in [2.05, 4.69) is 31.0 Å². The monoisotopic (exact) mass is 485 g/mol. The van der Waals surface area contributed by atoms with Gasteiger partial charge in [0.1, 0.15) is 23.7 Å². The van der Waals surface area contributed by atoms with E-state index in [1.54, 1.807) is 6.92 Å². The number of rotatable bonds is 9. The minimum absolute atomic E-state index is 0.0548. The summed E-state index contributed by atoms with van der Waals surface area (Å²) in [5.41, 5.74) is 0.173. The number of aryl methyl sites for hydroxylation is 3. The Kier molecular flexibility index (Phi) is 4.70. The van der Waals surface area contributed by atoms with Crippen LogP contribution in [-0.4, -0.2) is 38.2 Å². The van der Waals surface area contributed by atoms with Crippen LogP contribution in [0.4, 0.5) is 10.2 Å². The Bertz CT molecular complexity index is 1430. The van der Waals surface area contributed by atoms with Gasteiger partial charge in [-0.3, -0.25) is 14.7 Å². The minimum Gasteiger partial charge on any atom is -0.364 e. The number of aromatic amines is 1.